The van der Waals surface area contributed by atoms with Crippen molar-refractivity contribution in [3.8, 4) is 22.3 Å². The second kappa shape index (κ2) is 20.0. The van der Waals surface area contributed by atoms with E-state index >= 15 is 0 Å². The molecule has 2 aliphatic rings. The molecule has 16 nitrogen and oxygen atoms in total. The van der Waals surface area contributed by atoms with Crippen LogP contribution >= 0.6 is 0 Å². The Morgan fingerprint density at radius 2 is 0.786 bits per heavy atom. The maximum Gasteiger partial charge on any atom is 1.00 e. The topological polar surface area (TPSA) is 266 Å². The number of aliphatic carboxylic acids is 2. The molecule has 0 heterocycles. The first-order chi connectivity index (χ1) is 25.5. The third-order valence-corrected chi connectivity index (χ3v) is 10.1. The van der Waals surface area contributed by atoms with Gasteiger partial charge in [-0.3, -0.25) is 9.11 Å². The van der Waals surface area contributed by atoms with E-state index in [1.807, 2.05) is 108 Å². The van der Waals surface area contributed by atoms with E-state index in [1.165, 1.54) is 0 Å². The van der Waals surface area contributed by atoms with Crippen LogP contribution in [0.1, 0.15) is 34.1 Å². The maximum absolute atomic E-state index is 11.9. The minimum Gasteiger partial charge on any atom is -0.548 e. The van der Waals surface area contributed by atoms with Gasteiger partial charge in [-0.15, -0.1) is 0 Å². The third-order valence-electron chi connectivity index (χ3n) is 8.60. The number of carboxylic acids is 2. The Kier molecular flexibility index (Phi) is 16.7. The monoisotopic (exact) mass is 826 g/mol. The fourth-order valence-electron chi connectivity index (χ4n) is 6.32. The first-order valence-corrected chi connectivity index (χ1v) is 19.3. The van der Waals surface area contributed by atoms with Crippen molar-refractivity contribution >= 4 is 44.4 Å². The molecule has 2 aliphatic carbocycles. The van der Waals surface area contributed by atoms with Crippen LogP contribution in [0.3, 0.4) is 0 Å². The van der Waals surface area contributed by atoms with Gasteiger partial charge in [-0.1, -0.05) is 97.1 Å². The number of fused-ring (bicyclic) bond motifs is 6. The van der Waals surface area contributed by atoms with Gasteiger partial charge < -0.3 is 39.9 Å². The molecule has 0 radical (unpaired) electrons. The van der Waals surface area contributed by atoms with Gasteiger partial charge in [0.15, 0.2) is 0 Å². The molecule has 0 fully saturated rings. The second-order valence-corrected chi connectivity index (χ2v) is 15.2. The Morgan fingerprint density at radius 3 is 1.02 bits per heavy atom. The fourth-order valence-corrected chi connectivity index (χ4v) is 7.60. The van der Waals surface area contributed by atoms with Crippen molar-refractivity contribution in [2.45, 2.75) is 23.9 Å². The Labute approximate surface area is 366 Å². The summed E-state index contributed by atoms with van der Waals surface area (Å²) in [5, 5.41) is 25.7. The maximum atomic E-state index is 11.9. The third kappa shape index (κ3) is 12.1. The zero-order chi connectivity index (χ0) is 39.2. The minimum absolute atomic E-state index is 0. The van der Waals surface area contributed by atoms with Crippen molar-refractivity contribution in [2.75, 3.05) is 24.7 Å². The molecule has 0 aliphatic heterocycles. The van der Waals surface area contributed by atoms with E-state index in [2.05, 4.69) is 0 Å². The smallest absolute Gasteiger partial charge is 0.548 e. The van der Waals surface area contributed by atoms with Gasteiger partial charge in [0, 0.05) is 11.8 Å². The number of ether oxygens (including phenoxy) is 2. The molecule has 0 saturated carbocycles. The number of benzene rings is 4. The molecular formula is C36H32N2Na2O14S2. The zero-order valence-corrected chi connectivity index (χ0v) is 35.6. The Hall–Kier alpha value is -3.82. The van der Waals surface area contributed by atoms with Gasteiger partial charge in [0.25, 0.3) is 20.2 Å². The minimum atomic E-state index is -4.62. The molecule has 0 unspecified atom stereocenters. The molecule has 284 valence electrons. The van der Waals surface area contributed by atoms with Crippen molar-refractivity contribution < 1.29 is 124 Å². The number of hydrogen-bond donors (Lipinski definition) is 4. The standard InChI is InChI=1S/2C18H17NO7S.2Na/c2*20-17(21)16(10-27(23,24)25)19-18(22)26-9-15-13-7-3-1-5-11(13)12-6-2-4-8-14(12)15;;/h2*1-8,15-16H,9-10H2,(H,19,22)(H,20,21)(H,23,24,25);;/q;;2*+1/p-2/t2*16-;;/m00../s1. The van der Waals surface area contributed by atoms with Crippen molar-refractivity contribution in [3.63, 3.8) is 0 Å². The van der Waals surface area contributed by atoms with E-state index in [1.54, 1.807) is 0 Å². The predicted octanol–water partition coefficient (Wildman–Crippen LogP) is -4.93. The van der Waals surface area contributed by atoms with Crippen molar-refractivity contribution in [3.05, 3.63) is 119 Å². The van der Waals surface area contributed by atoms with E-state index < -0.39 is 68.0 Å². The molecule has 4 aromatic rings. The zero-order valence-electron chi connectivity index (χ0n) is 30.0. The SMILES string of the molecule is O=C(N[C@@H](CS(=O)(=O)O)C(=O)[O-])OCC1c2ccccc2-c2ccccc21.O=C(N[C@@H](CS(=O)(=O)O)C(=O)[O-])OCC1c2ccccc2-c2ccccc21.[Na+].[Na+]. The molecule has 2 amide bonds. The fraction of sp³-hybridized carbons (Fsp3) is 0.222. The summed E-state index contributed by atoms with van der Waals surface area (Å²) in [5.41, 5.74) is 8.01. The molecule has 2 atom stereocenters. The summed E-state index contributed by atoms with van der Waals surface area (Å²) in [4.78, 5) is 45.7. The molecule has 56 heavy (non-hydrogen) atoms. The number of amides is 2. The van der Waals surface area contributed by atoms with E-state index in [4.69, 9.17) is 18.6 Å². The molecule has 4 N–H and O–H groups in total. The Morgan fingerprint density at radius 1 is 0.536 bits per heavy atom. The number of hydrogen-bond acceptors (Lipinski definition) is 12. The number of carbonyl (C=O) groups excluding carboxylic acids is 4. The molecule has 0 saturated heterocycles. The van der Waals surface area contributed by atoms with Crippen LogP contribution in [0.4, 0.5) is 9.59 Å². The van der Waals surface area contributed by atoms with E-state index in [-0.39, 0.29) is 84.2 Å². The van der Waals surface area contributed by atoms with Gasteiger partial charge in [0.1, 0.15) is 24.7 Å². The van der Waals surface area contributed by atoms with Crippen LogP contribution < -0.4 is 80.0 Å². The van der Waals surface area contributed by atoms with Gasteiger partial charge in [0.05, 0.1) is 24.0 Å². The van der Waals surface area contributed by atoms with E-state index in [0.29, 0.717) is 0 Å². The first kappa shape index (κ1) is 46.6. The number of alkyl carbamates (subject to hydrolysis) is 2. The molecular weight excluding hydrogens is 795 g/mol. The van der Waals surface area contributed by atoms with E-state index in [9.17, 15) is 46.2 Å². The largest absolute Gasteiger partial charge is 1.00 e. The number of carboxylic acid groups (broad SMARTS) is 2. The summed E-state index contributed by atoms with van der Waals surface area (Å²) in [6.07, 6.45) is -2.23. The molecule has 0 bridgehead atoms. The van der Waals surface area contributed by atoms with Crippen LogP contribution in [0, 0.1) is 0 Å². The van der Waals surface area contributed by atoms with Crippen LogP contribution in [0.5, 0.6) is 0 Å². The summed E-state index contributed by atoms with van der Waals surface area (Å²) < 4.78 is 71.1. The Bertz CT molecular complexity index is 2060. The van der Waals surface area contributed by atoms with Gasteiger partial charge in [0.2, 0.25) is 0 Å². The van der Waals surface area contributed by atoms with Crippen molar-refractivity contribution in [1.29, 1.82) is 0 Å². The van der Waals surface area contributed by atoms with Crippen molar-refractivity contribution in [2.24, 2.45) is 0 Å². The second-order valence-electron chi connectivity index (χ2n) is 12.2. The van der Waals surface area contributed by atoms with Crippen LogP contribution in [-0.2, 0) is 39.3 Å². The molecule has 20 heteroatoms. The Balaban J connectivity index is 0.000000290. The normalized spacial score (nSPS) is 13.6. The summed E-state index contributed by atoms with van der Waals surface area (Å²) >= 11 is 0. The van der Waals surface area contributed by atoms with Crippen LogP contribution in [0.25, 0.3) is 22.3 Å². The van der Waals surface area contributed by atoms with Gasteiger partial charge in [-0.2, -0.15) is 16.8 Å². The first-order valence-electron chi connectivity index (χ1n) is 16.1. The van der Waals surface area contributed by atoms with Gasteiger partial charge in [-0.05, 0) is 44.5 Å². The average molecular weight is 827 g/mol. The van der Waals surface area contributed by atoms with Gasteiger partial charge >= 0.3 is 71.3 Å². The number of carbonyl (C=O) groups is 4. The molecule has 0 spiro atoms. The quantitative estimate of drug-likeness (QED) is 0.0771. The average Bonchev–Trinajstić information content (AvgIpc) is 3.61. The van der Waals surface area contributed by atoms with Crippen molar-refractivity contribution in [1.82, 2.24) is 10.6 Å². The predicted molar refractivity (Wildman–Crippen MR) is 187 cm³/mol. The van der Waals surface area contributed by atoms with Gasteiger partial charge in [-0.25, -0.2) is 9.59 Å². The summed E-state index contributed by atoms with van der Waals surface area (Å²) in [6.45, 7) is -0.128. The molecule has 4 aromatic carbocycles. The summed E-state index contributed by atoms with van der Waals surface area (Å²) in [6, 6.07) is 26.8. The van der Waals surface area contributed by atoms with Crippen LogP contribution in [0.15, 0.2) is 97.1 Å². The number of nitrogens with one attached hydrogen (secondary N) is 2. The van der Waals surface area contributed by atoms with Crippen LogP contribution in [-0.4, -0.2) is 86.9 Å². The van der Waals surface area contributed by atoms with E-state index in [0.717, 1.165) is 44.5 Å². The summed E-state index contributed by atoms with van der Waals surface area (Å²) in [7, 11) is -9.23. The number of rotatable bonds is 12. The molecule has 6 rings (SSSR count). The summed E-state index contributed by atoms with van der Waals surface area (Å²) in [5.74, 6) is -6.57. The molecule has 0 aromatic heterocycles. The van der Waals surface area contributed by atoms with Crippen LogP contribution in [0.2, 0.25) is 0 Å².